The first-order chi connectivity index (χ1) is 6.86. The molecule has 14 heavy (non-hydrogen) atoms. The number of morpholine rings is 1. The van der Waals surface area contributed by atoms with Gasteiger partial charge in [-0.3, -0.25) is 4.90 Å². The van der Waals surface area contributed by atoms with Crippen molar-refractivity contribution in [3.8, 4) is 0 Å². The summed E-state index contributed by atoms with van der Waals surface area (Å²) >= 11 is 5.97. The first kappa shape index (κ1) is 9.90. The molecule has 1 saturated heterocycles. The Kier molecular flexibility index (Phi) is 3.35. The molecule has 1 aliphatic heterocycles. The van der Waals surface area contributed by atoms with Crippen LogP contribution in [0.5, 0.6) is 0 Å². The minimum atomic E-state index is 0.610. The molecule has 0 aromatic carbocycles. The predicted molar refractivity (Wildman–Crippen MR) is 55.3 cm³/mol. The maximum Gasteiger partial charge on any atom is 0.133 e. The van der Waals surface area contributed by atoms with E-state index in [0.717, 1.165) is 38.4 Å². The van der Waals surface area contributed by atoms with Crippen molar-refractivity contribution in [2.45, 2.75) is 6.54 Å². The standard InChI is InChI=1S/C10H13ClN2O/c11-10-9(2-1-3-12-10)8-13-4-6-14-7-5-13/h1-3H,4-8H2. The van der Waals surface area contributed by atoms with Crippen LogP contribution in [0.4, 0.5) is 0 Å². The third-order valence-corrected chi connectivity index (χ3v) is 2.67. The van der Waals surface area contributed by atoms with Gasteiger partial charge in [0, 0.05) is 31.4 Å². The number of hydrogen-bond donors (Lipinski definition) is 0. The van der Waals surface area contributed by atoms with Gasteiger partial charge in [-0.2, -0.15) is 0 Å². The molecule has 4 heteroatoms. The zero-order chi connectivity index (χ0) is 9.80. The fourth-order valence-corrected chi connectivity index (χ4v) is 1.72. The van der Waals surface area contributed by atoms with Gasteiger partial charge in [0.15, 0.2) is 0 Å². The number of hydrogen-bond acceptors (Lipinski definition) is 3. The minimum Gasteiger partial charge on any atom is -0.379 e. The van der Waals surface area contributed by atoms with Gasteiger partial charge in [-0.05, 0) is 6.07 Å². The highest BCUT2D eigenvalue weighted by atomic mass is 35.5. The molecule has 76 valence electrons. The van der Waals surface area contributed by atoms with Crippen molar-refractivity contribution >= 4 is 11.6 Å². The first-order valence-electron chi connectivity index (χ1n) is 4.76. The highest BCUT2D eigenvalue weighted by Gasteiger charge is 2.12. The van der Waals surface area contributed by atoms with Gasteiger partial charge >= 0.3 is 0 Å². The van der Waals surface area contributed by atoms with E-state index in [9.17, 15) is 0 Å². The lowest BCUT2D eigenvalue weighted by Gasteiger charge is -2.26. The summed E-state index contributed by atoms with van der Waals surface area (Å²) < 4.78 is 5.28. The van der Waals surface area contributed by atoms with Crippen molar-refractivity contribution in [3.05, 3.63) is 29.0 Å². The molecular formula is C10H13ClN2O. The summed E-state index contributed by atoms with van der Waals surface area (Å²) in [4.78, 5) is 6.38. The first-order valence-corrected chi connectivity index (χ1v) is 5.13. The van der Waals surface area contributed by atoms with Gasteiger partial charge in [0.1, 0.15) is 5.15 Å². The Balaban J connectivity index is 1.99. The average molecular weight is 213 g/mol. The maximum absolute atomic E-state index is 5.97. The molecule has 0 bridgehead atoms. The van der Waals surface area contributed by atoms with Crippen LogP contribution < -0.4 is 0 Å². The van der Waals surface area contributed by atoms with Crippen LogP contribution in [0, 0.1) is 0 Å². The van der Waals surface area contributed by atoms with Crippen LogP contribution in [0.25, 0.3) is 0 Å². The van der Waals surface area contributed by atoms with E-state index in [1.807, 2.05) is 12.1 Å². The number of nitrogens with zero attached hydrogens (tertiary/aromatic N) is 2. The SMILES string of the molecule is Clc1ncccc1CN1CCOCC1. The number of rotatable bonds is 2. The van der Waals surface area contributed by atoms with Crippen LogP contribution in [0.2, 0.25) is 5.15 Å². The van der Waals surface area contributed by atoms with Gasteiger partial charge in [0.05, 0.1) is 13.2 Å². The summed E-state index contributed by atoms with van der Waals surface area (Å²) in [5.41, 5.74) is 1.09. The largest absolute Gasteiger partial charge is 0.379 e. The number of ether oxygens (including phenoxy) is 1. The van der Waals surface area contributed by atoms with Gasteiger partial charge in [0.2, 0.25) is 0 Å². The second kappa shape index (κ2) is 4.73. The van der Waals surface area contributed by atoms with E-state index in [1.54, 1.807) is 6.20 Å². The zero-order valence-corrected chi connectivity index (χ0v) is 8.70. The Hall–Kier alpha value is -0.640. The highest BCUT2D eigenvalue weighted by molar-refractivity contribution is 6.30. The third-order valence-electron chi connectivity index (χ3n) is 2.33. The van der Waals surface area contributed by atoms with E-state index in [4.69, 9.17) is 16.3 Å². The second-order valence-electron chi connectivity index (χ2n) is 3.34. The maximum atomic E-state index is 5.97. The van der Waals surface area contributed by atoms with Gasteiger partial charge in [-0.1, -0.05) is 17.7 Å². The third kappa shape index (κ3) is 2.44. The molecule has 0 aliphatic carbocycles. The highest BCUT2D eigenvalue weighted by Crippen LogP contribution is 2.14. The molecule has 1 aromatic heterocycles. The van der Waals surface area contributed by atoms with Crippen molar-refractivity contribution in [2.24, 2.45) is 0 Å². The van der Waals surface area contributed by atoms with E-state index in [2.05, 4.69) is 9.88 Å². The van der Waals surface area contributed by atoms with Crippen LogP contribution in [-0.2, 0) is 11.3 Å². The average Bonchev–Trinajstić information content (AvgIpc) is 2.23. The van der Waals surface area contributed by atoms with E-state index < -0.39 is 0 Å². The van der Waals surface area contributed by atoms with Gasteiger partial charge in [0.25, 0.3) is 0 Å². The van der Waals surface area contributed by atoms with E-state index in [1.165, 1.54) is 0 Å². The topological polar surface area (TPSA) is 25.4 Å². The van der Waals surface area contributed by atoms with Gasteiger partial charge < -0.3 is 4.74 Å². The predicted octanol–water partition coefficient (Wildman–Crippen LogP) is 1.57. The Morgan fingerprint density at radius 3 is 2.93 bits per heavy atom. The van der Waals surface area contributed by atoms with Gasteiger partial charge in [-0.15, -0.1) is 0 Å². The Labute approximate surface area is 88.6 Å². The monoisotopic (exact) mass is 212 g/mol. The number of pyridine rings is 1. The summed E-state index contributed by atoms with van der Waals surface area (Å²) in [5, 5.41) is 0.610. The van der Waals surface area contributed by atoms with Crippen LogP contribution >= 0.6 is 11.6 Å². The normalized spacial score (nSPS) is 18.4. The molecular weight excluding hydrogens is 200 g/mol. The van der Waals surface area contributed by atoms with Crippen LogP contribution in [0.15, 0.2) is 18.3 Å². The Morgan fingerprint density at radius 1 is 1.43 bits per heavy atom. The second-order valence-corrected chi connectivity index (χ2v) is 3.70. The molecule has 1 fully saturated rings. The van der Waals surface area contributed by atoms with E-state index in [-0.39, 0.29) is 0 Å². The van der Waals surface area contributed by atoms with Crippen molar-refractivity contribution in [1.82, 2.24) is 9.88 Å². The quantitative estimate of drug-likeness (QED) is 0.696. The lowest BCUT2D eigenvalue weighted by molar-refractivity contribution is 0.0341. The van der Waals surface area contributed by atoms with Crippen molar-refractivity contribution in [2.75, 3.05) is 26.3 Å². The lowest BCUT2D eigenvalue weighted by Crippen LogP contribution is -2.35. The van der Waals surface area contributed by atoms with E-state index >= 15 is 0 Å². The molecule has 0 atom stereocenters. The summed E-state index contributed by atoms with van der Waals surface area (Å²) in [6.45, 7) is 4.46. The molecule has 1 aliphatic rings. The minimum absolute atomic E-state index is 0.610. The van der Waals surface area contributed by atoms with Crippen molar-refractivity contribution in [3.63, 3.8) is 0 Å². The molecule has 0 amide bonds. The summed E-state index contributed by atoms with van der Waals surface area (Å²) in [5.74, 6) is 0. The molecule has 0 saturated carbocycles. The fourth-order valence-electron chi connectivity index (χ4n) is 1.54. The Bertz CT molecular complexity index is 300. The summed E-state index contributed by atoms with van der Waals surface area (Å²) in [7, 11) is 0. The molecule has 1 aromatic rings. The van der Waals surface area contributed by atoms with Crippen LogP contribution in [-0.4, -0.2) is 36.2 Å². The molecule has 0 unspecified atom stereocenters. The molecule has 3 nitrogen and oxygen atoms in total. The molecule has 2 rings (SSSR count). The summed E-state index contributed by atoms with van der Waals surface area (Å²) in [6, 6.07) is 3.94. The van der Waals surface area contributed by atoms with E-state index in [0.29, 0.717) is 5.15 Å². The van der Waals surface area contributed by atoms with Crippen LogP contribution in [0.3, 0.4) is 0 Å². The number of halogens is 1. The Morgan fingerprint density at radius 2 is 2.21 bits per heavy atom. The molecule has 0 N–H and O–H groups in total. The molecule has 0 spiro atoms. The number of aromatic nitrogens is 1. The molecule has 2 heterocycles. The van der Waals surface area contributed by atoms with Crippen molar-refractivity contribution < 1.29 is 4.74 Å². The zero-order valence-electron chi connectivity index (χ0n) is 7.95. The molecule has 0 radical (unpaired) electrons. The smallest absolute Gasteiger partial charge is 0.133 e. The van der Waals surface area contributed by atoms with Gasteiger partial charge in [-0.25, -0.2) is 4.98 Å². The summed E-state index contributed by atoms with van der Waals surface area (Å²) in [6.07, 6.45) is 1.71. The fraction of sp³-hybridized carbons (Fsp3) is 0.500. The van der Waals surface area contributed by atoms with Crippen LogP contribution in [0.1, 0.15) is 5.56 Å². The lowest BCUT2D eigenvalue weighted by atomic mass is 10.2. The van der Waals surface area contributed by atoms with Crippen molar-refractivity contribution in [1.29, 1.82) is 0 Å².